The number of aliphatic hydroxyl groups is 1. The predicted molar refractivity (Wildman–Crippen MR) is 146 cm³/mol. The first-order valence-corrected chi connectivity index (χ1v) is 13.2. The van der Waals surface area contributed by atoms with E-state index in [0.717, 1.165) is 55.5 Å². The van der Waals surface area contributed by atoms with Gasteiger partial charge in [0.25, 0.3) is 0 Å². The van der Waals surface area contributed by atoms with Crippen molar-refractivity contribution in [2.75, 3.05) is 19.6 Å². The molecule has 0 aliphatic heterocycles. The van der Waals surface area contributed by atoms with Gasteiger partial charge in [-0.1, -0.05) is 85.2 Å². The Labute approximate surface area is 222 Å². The van der Waals surface area contributed by atoms with Crippen LogP contribution in [-0.4, -0.2) is 34.6 Å². The lowest BCUT2D eigenvalue weighted by Crippen LogP contribution is -2.30. The van der Waals surface area contributed by atoms with Crippen LogP contribution in [0.5, 0.6) is 0 Å². The summed E-state index contributed by atoms with van der Waals surface area (Å²) in [5.41, 5.74) is 3.82. The maximum atomic E-state index is 11.3. The molecule has 0 bridgehead atoms. The molecule has 0 amide bonds. The van der Waals surface area contributed by atoms with Crippen LogP contribution in [0.15, 0.2) is 48.5 Å². The summed E-state index contributed by atoms with van der Waals surface area (Å²) in [6.07, 6.45) is 3.79. The molecule has 34 heavy (non-hydrogen) atoms. The summed E-state index contributed by atoms with van der Waals surface area (Å²) in [4.78, 5) is 7.19. The van der Waals surface area contributed by atoms with Gasteiger partial charge in [0.05, 0.1) is 37.6 Å². The molecule has 3 rings (SSSR count). The van der Waals surface area contributed by atoms with Crippen LogP contribution in [-0.2, 0) is 0 Å². The maximum Gasteiger partial charge on any atom is 0.0918 e. The molecular weight excluding hydrogens is 510 g/mol. The Bertz CT molecular complexity index is 1030. The Morgan fingerprint density at radius 3 is 1.62 bits per heavy atom. The van der Waals surface area contributed by atoms with E-state index in [0.29, 0.717) is 38.0 Å². The molecule has 0 saturated carbocycles. The standard InChI is InChI=1S/C27H30Cl4N2O/c1-3-5-11-33(12-6-4-2)17-27(34)20-15-25(18-7-9-21(28)23(30)13-18)32-26(16-20)19-8-10-22(29)24(31)14-19/h7-10,13-16,27,34H,3-6,11-12,17H2,1-2H3. The van der Waals surface area contributed by atoms with Gasteiger partial charge in [-0.15, -0.1) is 0 Å². The number of hydrogen-bond donors (Lipinski definition) is 1. The van der Waals surface area contributed by atoms with Gasteiger partial charge in [0.1, 0.15) is 0 Å². The highest BCUT2D eigenvalue weighted by Crippen LogP contribution is 2.33. The van der Waals surface area contributed by atoms with Crippen molar-refractivity contribution < 1.29 is 5.11 Å². The molecule has 182 valence electrons. The van der Waals surface area contributed by atoms with Gasteiger partial charge in [0.15, 0.2) is 0 Å². The Morgan fingerprint density at radius 2 is 1.21 bits per heavy atom. The molecule has 0 aliphatic carbocycles. The number of halogens is 4. The highest BCUT2D eigenvalue weighted by molar-refractivity contribution is 6.42. The minimum Gasteiger partial charge on any atom is -0.387 e. The summed E-state index contributed by atoms with van der Waals surface area (Å²) < 4.78 is 0. The average Bonchev–Trinajstić information content (AvgIpc) is 2.83. The van der Waals surface area contributed by atoms with Crippen molar-refractivity contribution in [3.63, 3.8) is 0 Å². The van der Waals surface area contributed by atoms with E-state index in [-0.39, 0.29) is 0 Å². The fraction of sp³-hybridized carbons (Fsp3) is 0.370. The van der Waals surface area contributed by atoms with Crippen LogP contribution in [0.2, 0.25) is 20.1 Å². The molecule has 1 aromatic heterocycles. The second-order valence-corrected chi connectivity index (χ2v) is 10.1. The molecule has 0 saturated heterocycles. The maximum absolute atomic E-state index is 11.3. The molecule has 1 unspecified atom stereocenters. The van der Waals surface area contributed by atoms with Crippen molar-refractivity contribution in [1.82, 2.24) is 9.88 Å². The lowest BCUT2D eigenvalue weighted by Gasteiger charge is -2.25. The second-order valence-electron chi connectivity index (χ2n) is 8.45. The van der Waals surface area contributed by atoms with Gasteiger partial charge < -0.3 is 10.0 Å². The largest absolute Gasteiger partial charge is 0.387 e. The van der Waals surface area contributed by atoms with Crippen LogP contribution in [0.3, 0.4) is 0 Å². The monoisotopic (exact) mass is 538 g/mol. The smallest absolute Gasteiger partial charge is 0.0918 e. The van der Waals surface area contributed by atoms with Gasteiger partial charge in [-0.05, 0) is 67.9 Å². The van der Waals surface area contributed by atoms with Gasteiger partial charge >= 0.3 is 0 Å². The lowest BCUT2D eigenvalue weighted by atomic mass is 10.0. The van der Waals surface area contributed by atoms with Crippen LogP contribution < -0.4 is 0 Å². The third-order valence-electron chi connectivity index (χ3n) is 5.75. The van der Waals surface area contributed by atoms with Crippen molar-refractivity contribution in [2.45, 2.75) is 45.6 Å². The molecule has 0 radical (unpaired) electrons. The van der Waals surface area contributed by atoms with Crippen LogP contribution in [0.4, 0.5) is 0 Å². The van der Waals surface area contributed by atoms with Gasteiger partial charge in [0, 0.05) is 17.7 Å². The first-order valence-electron chi connectivity index (χ1n) is 11.7. The van der Waals surface area contributed by atoms with E-state index >= 15 is 0 Å². The predicted octanol–water partition coefficient (Wildman–Crippen LogP) is 8.96. The van der Waals surface area contributed by atoms with Crippen molar-refractivity contribution >= 4 is 46.4 Å². The molecule has 0 aliphatic rings. The minimum absolute atomic E-state index is 0.452. The highest BCUT2D eigenvalue weighted by Gasteiger charge is 2.17. The van der Waals surface area contributed by atoms with Crippen molar-refractivity contribution in [1.29, 1.82) is 0 Å². The first kappa shape index (κ1) is 27.3. The Morgan fingerprint density at radius 1 is 0.735 bits per heavy atom. The number of pyridine rings is 1. The lowest BCUT2D eigenvalue weighted by molar-refractivity contribution is 0.111. The molecule has 1 atom stereocenters. The van der Waals surface area contributed by atoms with Gasteiger partial charge in [0.2, 0.25) is 0 Å². The normalized spacial score (nSPS) is 12.4. The fourth-order valence-corrected chi connectivity index (χ4v) is 4.35. The number of hydrogen-bond acceptors (Lipinski definition) is 3. The van der Waals surface area contributed by atoms with E-state index in [2.05, 4.69) is 18.7 Å². The van der Waals surface area contributed by atoms with Crippen LogP contribution in [0.1, 0.15) is 51.2 Å². The van der Waals surface area contributed by atoms with E-state index in [1.807, 2.05) is 24.3 Å². The number of rotatable bonds is 11. The summed E-state index contributed by atoms with van der Waals surface area (Å²) in [6.45, 7) is 6.87. The number of aromatic nitrogens is 1. The first-order chi connectivity index (χ1) is 16.3. The Balaban J connectivity index is 2.02. The van der Waals surface area contributed by atoms with Crippen LogP contribution in [0, 0.1) is 0 Å². The molecule has 0 spiro atoms. The van der Waals surface area contributed by atoms with Crippen molar-refractivity contribution in [3.05, 3.63) is 74.2 Å². The third kappa shape index (κ3) is 7.34. The van der Waals surface area contributed by atoms with Crippen LogP contribution in [0.25, 0.3) is 22.5 Å². The second kappa shape index (κ2) is 13.1. The van der Waals surface area contributed by atoms with Gasteiger partial charge in [-0.2, -0.15) is 0 Å². The summed E-state index contributed by atoms with van der Waals surface area (Å²) in [7, 11) is 0. The summed E-state index contributed by atoms with van der Waals surface area (Å²) in [5.74, 6) is 0. The number of benzene rings is 2. The Kier molecular flexibility index (Phi) is 10.5. The SMILES string of the molecule is CCCCN(CCCC)CC(O)c1cc(-c2ccc(Cl)c(Cl)c2)nc(-c2ccc(Cl)c(Cl)c2)c1. The molecule has 3 aromatic rings. The molecule has 7 heteroatoms. The summed E-state index contributed by atoms with van der Waals surface area (Å²) in [6, 6.07) is 14.7. The minimum atomic E-state index is -0.667. The number of aliphatic hydroxyl groups excluding tert-OH is 1. The molecule has 2 aromatic carbocycles. The molecular formula is C27H30Cl4N2O. The zero-order chi connectivity index (χ0) is 24.7. The third-order valence-corrected chi connectivity index (χ3v) is 7.23. The summed E-state index contributed by atoms with van der Waals surface area (Å²) in [5, 5.41) is 13.1. The zero-order valence-electron chi connectivity index (χ0n) is 19.5. The highest BCUT2D eigenvalue weighted by atomic mass is 35.5. The van der Waals surface area contributed by atoms with Crippen molar-refractivity contribution in [2.24, 2.45) is 0 Å². The van der Waals surface area contributed by atoms with Gasteiger partial charge in [-0.3, -0.25) is 0 Å². The van der Waals surface area contributed by atoms with E-state index in [1.165, 1.54) is 0 Å². The van der Waals surface area contributed by atoms with Gasteiger partial charge in [-0.25, -0.2) is 4.98 Å². The quantitative estimate of drug-likeness (QED) is 0.264. The molecule has 1 heterocycles. The average molecular weight is 540 g/mol. The van der Waals surface area contributed by atoms with E-state index in [9.17, 15) is 5.11 Å². The molecule has 1 N–H and O–H groups in total. The number of unbranched alkanes of at least 4 members (excludes halogenated alkanes) is 2. The van der Waals surface area contributed by atoms with E-state index in [4.69, 9.17) is 51.4 Å². The fourth-order valence-electron chi connectivity index (χ4n) is 3.76. The molecule has 3 nitrogen and oxygen atoms in total. The number of nitrogens with zero attached hydrogens (tertiary/aromatic N) is 2. The van der Waals surface area contributed by atoms with E-state index in [1.54, 1.807) is 24.3 Å². The molecule has 0 fully saturated rings. The van der Waals surface area contributed by atoms with E-state index < -0.39 is 6.10 Å². The van der Waals surface area contributed by atoms with Crippen molar-refractivity contribution in [3.8, 4) is 22.5 Å². The zero-order valence-corrected chi connectivity index (χ0v) is 22.5. The van der Waals surface area contributed by atoms with Crippen LogP contribution >= 0.6 is 46.4 Å². The summed E-state index contributed by atoms with van der Waals surface area (Å²) >= 11 is 24.8. The Hall–Kier alpha value is -1.33. The topological polar surface area (TPSA) is 36.4 Å².